The first-order valence-corrected chi connectivity index (χ1v) is 4.66. The topological polar surface area (TPSA) is 29.5 Å². The summed E-state index contributed by atoms with van der Waals surface area (Å²) < 4.78 is 5.46. The van der Waals surface area contributed by atoms with E-state index < -0.39 is 0 Å². The molecular formula is C12H16O2. The Hall–Kier alpha value is -1.44. The fraction of sp³-hybridized carbons (Fsp3) is 0.333. The molecule has 1 rings (SSSR count). The number of phenolic OH excluding ortho intramolecular Hbond substituents is 1. The first kappa shape index (κ1) is 10.6. The van der Waals surface area contributed by atoms with Gasteiger partial charge in [0, 0.05) is 12.5 Å². The summed E-state index contributed by atoms with van der Waals surface area (Å²) in [5, 5.41) is 9.30. The van der Waals surface area contributed by atoms with Gasteiger partial charge in [0.15, 0.2) is 0 Å². The van der Waals surface area contributed by atoms with Crippen molar-refractivity contribution < 1.29 is 9.84 Å². The van der Waals surface area contributed by atoms with Crippen molar-refractivity contribution in [2.75, 3.05) is 6.61 Å². The molecule has 0 bridgehead atoms. The Morgan fingerprint density at radius 1 is 1.43 bits per heavy atom. The summed E-state index contributed by atoms with van der Waals surface area (Å²) in [5.74, 6) is 0.957. The van der Waals surface area contributed by atoms with Gasteiger partial charge in [-0.3, -0.25) is 0 Å². The van der Waals surface area contributed by atoms with Crippen molar-refractivity contribution in [1.29, 1.82) is 0 Å². The van der Waals surface area contributed by atoms with Crippen LogP contribution in [0.4, 0.5) is 0 Å². The molecule has 1 aromatic rings. The van der Waals surface area contributed by atoms with Gasteiger partial charge in [0.25, 0.3) is 0 Å². The van der Waals surface area contributed by atoms with Crippen LogP contribution in [-0.4, -0.2) is 11.7 Å². The summed E-state index contributed by atoms with van der Waals surface area (Å²) in [7, 11) is 0. The minimum absolute atomic E-state index is 0.246. The summed E-state index contributed by atoms with van der Waals surface area (Å²) in [4.78, 5) is 0. The number of hydrogen-bond acceptors (Lipinski definition) is 2. The highest BCUT2D eigenvalue weighted by atomic mass is 16.5. The van der Waals surface area contributed by atoms with Gasteiger partial charge in [0.1, 0.15) is 11.5 Å². The number of aryl methyl sites for hydroxylation is 1. The highest BCUT2D eigenvalue weighted by Gasteiger charge is 1.98. The number of aromatic hydroxyl groups is 1. The van der Waals surface area contributed by atoms with Crippen LogP contribution in [-0.2, 0) is 0 Å². The molecule has 0 atom stereocenters. The van der Waals surface area contributed by atoms with Crippen LogP contribution in [0.5, 0.6) is 11.5 Å². The van der Waals surface area contributed by atoms with Crippen molar-refractivity contribution in [1.82, 2.24) is 0 Å². The number of phenols is 1. The lowest BCUT2D eigenvalue weighted by atomic mass is 10.2. The molecule has 0 aliphatic heterocycles. The molecule has 0 aliphatic carbocycles. The molecule has 0 heterocycles. The molecule has 0 radical (unpaired) electrons. The van der Waals surface area contributed by atoms with Crippen LogP contribution in [0.1, 0.15) is 18.9 Å². The molecule has 14 heavy (non-hydrogen) atoms. The van der Waals surface area contributed by atoms with Gasteiger partial charge in [-0.25, -0.2) is 0 Å². The van der Waals surface area contributed by atoms with E-state index in [-0.39, 0.29) is 5.75 Å². The maximum Gasteiger partial charge on any atom is 0.123 e. The number of hydrogen-bond donors (Lipinski definition) is 1. The Morgan fingerprint density at radius 3 is 2.71 bits per heavy atom. The second kappa shape index (κ2) is 4.70. The summed E-state index contributed by atoms with van der Waals surface area (Å²) >= 11 is 0. The fourth-order valence-corrected chi connectivity index (χ4v) is 1.15. The summed E-state index contributed by atoms with van der Waals surface area (Å²) in [6.45, 7) is 8.29. The van der Waals surface area contributed by atoms with Crippen LogP contribution in [0.15, 0.2) is 30.4 Å². The molecule has 0 aliphatic rings. The fourth-order valence-electron chi connectivity index (χ4n) is 1.15. The van der Waals surface area contributed by atoms with E-state index in [0.717, 1.165) is 17.6 Å². The highest BCUT2D eigenvalue weighted by Crippen LogP contribution is 2.21. The predicted molar refractivity (Wildman–Crippen MR) is 57.8 cm³/mol. The van der Waals surface area contributed by atoms with Crippen LogP contribution < -0.4 is 4.74 Å². The zero-order chi connectivity index (χ0) is 10.6. The van der Waals surface area contributed by atoms with Crippen molar-refractivity contribution in [3.05, 3.63) is 35.9 Å². The SMILES string of the molecule is C=C(C)CCOc1cc(C)cc(O)c1. The van der Waals surface area contributed by atoms with E-state index >= 15 is 0 Å². The lowest BCUT2D eigenvalue weighted by molar-refractivity contribution is 0.319. The second-order valence-electron chi connectivity index (χ2n) is 3.56. The second-order valence-corrected chi connectivity index (χ2v) is 3.56. The largest absolute Gasteiger partial charge is 0.508 e. The average molecular weight is 192 g/mol. The van der Waals surface area contributed by atoms with E-state index in [0.29, 0.717) is 12.4 Å². The van der Waals surface area contributed by atoms with Crippen molar-refractivity contribution in [2.45, 2.75) is 20.3 Å². The molecule has 76 valence electrons. The predicted octanol–water partition coefficient (Wildman–Crippen LogP) is 3.05. The van der Waals surface area contributed by atoms with E-state index in [1.54, 1.807) is 12.1 Å². The van der Waals surface area contributed by atoms with Gasteiger partial charge in [0.2, 0.25) is 0 Å². The molecule has 0 saturated carbocycles. The quantitative estimate of drug-likeness (QED) is 0.743. The van der Waals surface area contributed by atoms with Gasteiger partial charge < -0.3 is 9.84 Å². The molecule has 0 saturated heterocycles. The van der Waals surface area contributed by atoms with Gasteiger partial charge in [-0.1, -0.05) is 5.57 Å². The molecule has 0 unspecified atom stereocenters. The van der Waals surface area contributed by atoms with E-state index in [2.05, 4.69) is 6.58 Å². The van der Waals surface area contributed by atoms with Crippen LogP contribution in [0.2, 0.25) is 0 Å². The first-order chi connectivity index (χ1) is 6.58. The summed E-state index contributed by atoms with van der Waals surface area (Å²) in [6.07, 6.45) is 0.842. The van der Waals surface area contributed by atoms with Crippen molar-refractivity contribution in [2.24, 2.45) is 0 Å². The first-order valence-electron chi connectivity index (χ1n) is 4.66. The molecule has 1 aromatic carbocycles. The van der Waals surface area contributed by atoms with Gasteiger partial charge in [0.05, 0.1) is 6.61 Å². The van der Waals surface area contributed by atoms with Crippen molar-refractivity contribution in [3.63, 3.8) is 0 Å². The van der Waals surface area contributed by atoms with Gasteiger partial charge >= 0.3 is 0 Å². The van der Waals surface area contributed by atoms with Crippen LogP contribution in [0.25, 0.3) is 0 Å². The molecule has 1 N–H and O–H groups in total. The normalized spacial score (nSPS) is 9.86. The third-order valence-electron chi connectivity index (χ3n) is 1.83. The molecule has 2 nitrogen and oxygen atoms in total. The Bertz CT molecular complexity index is 309. The maximum atomic E-state index is 9.30. The molecule has 0 aromatic heterocycles. The van der Waals surface area contributed by atoms with Gasteiger partial charge in [-0.15, -0.1) is 6.58 Å². The minimum Gasteiger partial charge on any atom is -0.508 e. The third-order valence-corrected chi connectivity index (χ3v) is 1.83. The lowest BCUT2D eigenvalue weighted by Crippen LogP contribution is -1.97. The van der Waals surface area contributed by atoms with Gasteiger partial charge in [-0.2, -0.15) is 0 Å². The molecule has 0 spiro atoms. The van der Waals surface area contributed by atoms with E-state index in [1.807, 2.05) is 19.9 Å². The Kier molecular flexibility index (Phi) is 3.57. The van der Waals surface area contributed by atoms with E-state index in [9.17, 15) is 5.11 Å². The Labute approximate surface area is 84.8 Å². The van der Waals surface area contributed by atoms with Crippen LogP contribution in [0.3, 0.4) is 0 Å². The minimum atomic E-state index is 0.246. The summed E-state index contributed by atoms with van der Waals surface area (Å²) in [5.41, 5.74) is 2.09. The smallest absolute Gasteiger partial charge is 0.123 e. The molecule has 0 fully saturated rings. The molecule has 2 heteroatoms. The zero-order valence-corrected chi connectivity index (χ0v) is 8.71. The van der Waals surface area contributed by atoms with E-state index in [4.69, 9.17) is 4.74 Å². The molecule has 0 amide bonds. The average Bonchev–Trinajstić information content (AvgIpc) is 2.01. The van der Waals surface area contributed by atoms with Crippen LogP contribution >= 0.6 is 0 Å². The molecular weight excluding hydrogens is 176 g/mol. The van der Waals surface area contributed by atoms with Crippen LogP contribution in [0, 0.1) is 6.92 Å². The highest BCUT2D eigenvalue weighted by molar-refractivity contribution is 5.36. The lowest BCUT2D eigenvalue weighted by Gasteiger charge is -2.07. The Balaban J connectivity index is 2.54. The number of ether oxygens (including phenoxy) is 1. The van der Waals surface area contributed by atoms with E-state index in [1.165, 1.54) is 0 Å². The Morgan fingerprint density at radius 2 is 2.14 bits per heavy atom. The van der Waals surface area contributed by atoms with Gasteiger partial charge in [-0.05, 0) is 31.5 Å². The van der Waals surface area contributed by atoms with Crippen molar-refractivity contribution >= 4 is 0 Å². The monoisotopic (exact) mass is 192 g/mol. The van der Waals surface area contributed by atoms with Crippen molar-refractivity contribution in [3.8, 4) is 11.5 Å². The maximum absolute atomic E-state index is 9.30. The number of rotatable bonds is 4. The standard InChI is InChI=1S/C12H16O2/c1-9(2)4-5-14-12-7-10(3)6-11(13)8-12/h6-8,13H,1,4-5H2,2-3H3. The third kappa shape index (κ3) is 3.52. The zero-order valence-electron chi connectivity index (χ0n) is 8.71. The number of benzene rings is 1. The summed E-state index contributed by atoms with van der Waals surface area (Å²) in [6, 6.07) is 5.22.